The molecule has 0 spiro atoms. The summed E-state index contributed by atoms with van der Waals surface area (Å²) in [5.74, 6) is -0.338. The van der Waals surface area contributed by atoms with Crippen molar-refractivity contribution in [1.29, 1.82) is 0 Å². The number of para-hydroxylation sites is 1. The third-order valence-electron chi connectivity index (χ3n) is 4.89. The van der Waals surface area contributed by atoms with Gasteiger partial charge in [-0.05, 0) is 60.9 Å². The number of hydrogen-bond acceptors (Lipinski definition) is 4. The summed E-state index contributed by atoms with van der Waals surface area (Å²) in [6.45, 7) is 3.93. The number of nitrogens with one attached hydrogen (secondary N) is 2. The summed E-state index contributed by atoms with van der Waals surface area (Å²) in [4.78, 5) is 29.6. The highest BCUT2D eigenvalue weighted by Gasteiger charge is 2.13. The lowest BCUT2D eigenvalue weighted by atomic mass is 10.1. The van der Waals surface area contributed by atoms with Crippen LogP contribution in [0.4, 0.5) is 10.8 Å². The van der Waals surface area contributed by atoms with Crippen molar-refractivity contribution < 1.29 is 9.59 Å². The molecule has 1 aromatic heterocycles. The number of nitrogens with zero attached hydrogens (tertiary/aromatic N) is 1. The highest BCUT2D eigenvalue weighted by atomic mass is 35.5. The Morgan fingerprint density at radius 3 is 2.39 bits per heavy atom. The summed E-state index contributed by atoms with van der Waals surface area (Å²) >= 11 is 7.22. The number of fused-ring (bicyclic) bond motifs is 1. The molecule has 4 aromatic rings. The Balaban J connectivity index is 1.48. The number of carbonyl (C=O) groups excluding carboxylic acids is 2. The Morgan fingerprint density at radius 2 is 1.68 bits per heavy atom. The molecule has 2 amide bonds. The molecular formula is C24H20ClN3O2S. The first-order valence-corrected chi connectivity index (χ1v) is 10.9. The predicted octanol–water partition coefficient (Wildman–Crippen LogP) is 6.00. The molecule has 3 aromatic carbocycles. The number of halogens is 1. The zero-order valence-corrected chi connectivity index (χ0v) is 18.6. The van der Waals surface area contributed by atoms with E-state index in [0.717, 1.165) is 32.6 Å². The fraction of sp³-hybridized carbons (Fsp3) is 0.125. The van der Waals surface area contributed by atoms with E-state index in [9.17, 15) is 9.59 Å². The molecule has 0 aliphatic heterocycles. The minimum absolute atomic E-state index is 0.158. The minimum atomic E-state index is -0.180. The number of amides is 2. The number of aryl methyl sites for hydroxylation is 2. The second kappa shape index (κ2) is 8.88. The molecule has 0 atom stereocenters. The van der Waals surface area contributed by atoms with Crippen molar-refractivity contribution >= 4 is 55.8 Å². The normalized spacial score (nSPS) is 10.8. The van der Waals surface area contributed by atoms with Crippen LogP contribution in [0.3, 0.4) is 0 Å². The summed E-state index contributed by atoms with van der Waals surface area (Å²) in [5, 5.41) is 6.96. The summed E-state index contributed by atoms with van der Waals surface area (Å²) in [7, 11) is 0. The molecule has 0 unspecified atom stereocenters. The highest BCUT2D eigenvalue weighted by Crippen LogP contribution is 2.28. The molecule has 0 bridgehead atoms. The molecule has 31 heavy (non-hydrogen) atoms. The average molecular weight is 450 g/mol. The van der Waals surface area contributed by atoms with Gasteiger partial charge < -0.3 is 10.6 Å². The monoisotopic (exact) mass is 449 g/mol. The van der Waals surface area contributed by atoms with E-state index in [1.807, 2.05) is 44.2 Å². The molecule has 156 valence electrons. The van der Waals surface area contributed by atoms with E-state index in [1.54, 1.807) is 30.3 Å². The number of aromatic nitrogens is 1. The Labute approximate surface area is 189 Å². The van der Waals surface area contributed by atoms with Gasteiger partial charge in [-0.15, -0.1) is 0 Å². The van der Waals surface area contributed by atoms with E-state index in [0.29, 0.717) is 15.7 Å². The van der Waals surface area contributed by atoms with Crippen molar-refractivity contribution in [2.75, 3.05) is 10.6 Å². The maximum absolute atomic E-state index is 12.8. The van der Waals surface area contributed by atoms with Crippen LogP contribution in [0.1, 0.15) is 27.0 Å². The zero-order chi connectivity index (χ0) is 22.0. The fourth-order valence-electron chi connectivity index (χ4n) is 3.27. The Kier molecular flexibility index (Phi) is 6.02. The lowest BCUT2D eigenvalue weighted by Crippen LogP contribution is -2.14. The number of rotatable bonds is 5. The van der Waals surface area contributed by atoms with E-state index in [2.05, 4.69) is 15.6 Å². The maximum atomic E-state index is 12.8. The summed E-state index contributed by atoms with van der Waals surface area (Å²) in [6.07, 6.45) is 0.233. The van der Waals surface area contributed by atoms with Crippen molar-refractivity contribution in [3.63, 3.8) is 0 Å². The molecular weight excluding hydrogens is 430 g/mol. The lowest BCUT2D eigenvalue weighted by molar-refractivity contribution is -0.115. The third-order valence-corrected chi connectivity index (χ3v) is 6.08. The summed E-state index contributed by atoms with van der Waals surface area (Å²) in [5.41, 5.74) is 4.99. The number of carbonyl (C=O) groups is 2. The smallest absolute Gasteiger partial charge is 0.255 e. The minimum Gasteiger partial charge on any atom is -0.322 e. The third kappa shape index (κ3) is 4.93. The highest BCUT2D eigenvalue weighted by molar-refractivity contribution is 7.22. The van der Waals surface area contributed by atoms with Crippen molar-refractivity contribution in [3.05, 3.63) is 87.9 Å². The quantitative estimate of drug-likeness (QED) is 0.392. The first kappa shape index (κ1) is 21.0. The van der Waals surface area contributed by atoms with E-state index in [-0.39, 0.29) is 18.2 Å². The second-order valence-corrected chi connectivity index (χ2v) is 8.74. The zero-order valence-electron chi connectivity index (χ0n) is 17.0. The van der Waals surface area contributed by atoms with Gasteiger partial charge in [-0.25, -0.2) is 4.98 Å². The molecule has 5 nitrogen and oxygen atoms in total. The molecule has 2 N–H and O–H groups in total. The first-order valence-electron chi connectivity index (χ1n) is 9.71. The van der Waals surface area contributed by atoms with Gasteiger partial charge in [0.25, 0.3) is 5.91 Å². The van der Waals surface area contributed by atoms with Gasteiger partial charge in [0.1, 0.15) is 0 Å². The first-order chi connectivity index (χ1) is 14.9. The number of hydrogen-bond donors (Lipinski definition) is 2. The molecule has 7 heteroatoms. The Hall–Kier alpha value is -3.22. The van der Waals surface area contributed by atoms with Gasteiger partial charge in [-0.2, -0.15) is 0 Å². The summed E-state index contributed by atoms with van der Waals surface area (Å²) < 4.78 is 0.830. The molecule has 0 radical (unpaired) electrons. The number of benzene rings is 3. The standard InChI is InChI=1S/C24H20ClN3O2S/c1-14-4-3-5-15(2)22(14)28-23(30)17-8-11-19-20(13-17)31-24(26-19)27-21(29)12-16-6-9-18(25)10-7-16/h3-11,13H,12H2,1-2H3,(H,28,30)(H,26,27,29). The summed E-state index contributed by atoms with van der Waals surface area (Å²) in [6, 6.07) is 18.4. The van der Waals surface area contributed by atoms with Gasteiger partial charge in [-0.3, -0.25) is 9.59 Å². The maximum Gasteiger partial charge on any atom is 0.255 e. The molecule has 0 aliphatic rings. The van der Waals surface area contributed by atoms with Crippen molar-refractivity contribution in [2.45, 2.75) is 20.3 Å². The van der Waals surface area contributed by atoms with Gasteiger partial charge in [0, 0.05) is 16.3 Å². The molecule has 0 saturated carbocycles. The molecule has 0 fully saturated rings. The van der Waals surface area contributed by atoms with Gasteiger partial charge in [0.05, 0.1) is 16.6 Å². The van der Waals surface area contributed by atoms with Crippen LogP contribution in [0.2, 0.25) is 5.02 Å². The molecule has 0 saturated heterocycles. The van der Waals surface area contributed by atoms with Crippen LogP contribution in [-0.2, 0) is 11.2 Å². The van der Waals surface area contributed by atoms with Crippen LogP contribution in [-0.4, -0.2) is 16.8 Å². The van der Waals surface area contributed by atoms with Crippen LogP contribution < -0.4 is 10.6 Å². The lowest BCUT2D eigenvalue weighted by Gasteiger charge is -2.11. The van der Waals surface area contributed by atoms with E-state index in [4.69, 9.17) is 11.6 Å². The SMILES string of the molecule is Cc1cccc(C)c1NC(=O)c1ccc2nc(NC(=O)Cc3ccc(Cl)cc3)sc2c1. The van der Waals surface area contributed by atoms with Crippen molar-refractivity contribution in [2.24, 2.45) is 0 Å². The average Bonchev–Trinajstić information content (AvgIpc) is 3.13. The van der Waals surface area contributed by atoms with Crippen LogP contribution in [0.15, 0.2) is 60.7 Å². The molecule has 0 aliphatic carbocycles. The number of thiazole rings is 1. The van der Waals surface area contributed by atoms with Gasteiger partial charge in [0.2, 0.25) is 5.91 Å². The van der Waals surface area contributed by atoms with Crippen LogP contribution in [0, 0.1) is 13.8 Å². The van der Waals surface area contributed by atoms with Crippen LogP contribution in [0.5, 0.6) is 0 Å². The largest absolute Gasteiger partial charge is 0.322 e. The van der Waals surface area contributed by atoms with Gasteiger partial charge in [0.15, 0.2) is 5.13 Å². The van der Waals surface area contributed by atoms with E-state index in [1.165, 1.54) is 11.3 Å². The van der Waals surface area contributed by atoms with E-state index >= 15 is 0 Å². The molecule has 4 rings (SSSR count). The van der Waals surface area contributed by atoms with Gasteiger partial charge >= 0.3 is 0 Å². The molecule has 1 heterocycles. The predicted molar refractivity (Wildman–Crippen MR) is 127 cm³/mol. The fourth-order valence-corrected chi connectivity index (χ4v) is 4.32. The van der Waals surface area contributed by atoms with Crippen LogP contribution in [0.25, 0.3) is 10.2 Å². The van der Waals surface area contributed by atoms with Crippen molar-refractivity contribution in [3.8, 4) is 0 Å². The van der Waals surface area contributed by atoms with Crippen molar-refractivity contribution in [1.82, 2.24) is 4.98 Å². The topological polar surface area (TPSA) is 71.1 Å². The van der Waals surface area contributed by atoms with Crippen LogP contribution >= 0.6 is 22.9 Å². The Bertz CT molecular complexity index is 1260. The Morgan fingerprint density at radius 1 is 0.968 bits per heavy atom. The van der Waals surface area contributed by atoms with E-state index < -0.39 is 0 Å². The van der Waals surface area contributed by atoms with Gasteiger partial charge in [-0.1, -0.05) is 53.3 Å². The second-order valence-electron chi connectivity index (χ2n) is 7.27. The number of anilines is 2.